The summed E-state index contributed by atoms with van der Waals surface area (Å²) in [4.78, 5) is 8.37. The predicted octanol–water partition coefficient (Wildman–Crippen LogP) is 2.78. The first kappa shape index (κ1) is 12.7. The highest BCUT2D eigenvalue weighted by Crippen LogP contribution is 2.38. The molecule has 22 heavy (non-hydrogen) atoms. The van der Waals surface area contributed by atoms with Gasteiger partial charge in [-0.1, -0.05) is 0 Å². The van der Waals surface area contributed by atoms with E-state index in [2.05, 4.69) is 9.97 Å². The molecular formula is C16H13N3O3. The summed E-state index contributed by atoms with van der Waals surface area (Å²) < 4.78 is 17.1. The number of hydrogen-bond donors (Lipinski definition) is 1. The maximum Gasteiger partial charge on any atom is 0.163 e. The van der Waals surface area contributed by atoms with Gasteiger partial charge in [0.05, 0.1) is 11.7 Å². The summed E-state index contributed by atoms with van der Waals surface area (Å²) in [7, 11) is 0. The first-order valence-corrected chi connectivity index (χ1v) is 6.87. The molecule has 1 aromatic carbocycles. The SMILES string of the molecule is Nc1ccc(Oc2ccnc3cc4c(cc23)OCCO4)cn1. The lowest BCUT2D eigenvalue weighted by atomic mass is 10.1. The number of nitrogen functional groups attached to an aromatic ring is 1. The second-order valence-electron chi connectivity index (χ2n) is 4.84. The van der Waals surface area contributed by atoms with Gasteiger partial charge in [0.15, 0.2) is 11.5 Å². The number of anilines is 1. The van der Waals surface area contributed by atoms with Crippen LogP contribution in [0.3, 0.4) is 0 Å². The van der Waals surface area contributed by atoms with Crippen LogP contribution in [0.1, 0.15) is 0 Å². The third-order valence-electron chi connectivity index (χ3n) is 3.35. The highest BCUT2D eigenvalue weighted by atomic mass is 16.6. The summed E-state index contributed by atoms with van der Waals surface area (Å²) >= 11 is 0. The molecule has 3 aromatic rings. The van der Waals surface area contributed by atoms with E-state index in [9.17, 15) is 0 Å². The van der Waals surface area contributed by atoms with Gasteiger partial charge in [-0.05, 0) is 24.3 Å². The lowest BCUT2D eigenvalue weighted by Crippen LogP contribution is -2.15. The number of pyridine rings is 2. The molecule has 0 unspecified atom stereocenters. The molecular weight excluding hydrogens is 282 g/mol. The molecule has 1 aliphatic heterocycles. The van der Waals surface area contributed by atoms with Gasteiger partial charge < -0.3 is 19.9 Å². The highest BCUT2D eigenvalue weighted by molar-refractivity contribution is 5.88. The normalized spacial score (nSPS) is 13.1. The van der Waals surface area contributed by atoms with Crippen molar-refractivity contribution in [1.82, 2.24) is 9.97 Å². The molecule has 4 rings (SSSR count). The topological polar surface area (TPSA) is 79.5 Å². The van der Waals surface area contributed by atoms with Gasteiger partial charge in [-0.3, -0.25) is 4.98 Å². The van der Waals surface area contributed by atoms with Crippen LogP contribution in [-0.4, -0.2) is 23.2 Å². The molecule has 0 aliphatic carbocycles. The van der Waals surface area contributed by atoms with E-state index in [0.717, 1.165) is 10.9 Å². The Morgan fingerprint density at radius 2 is 1.82 bits per heavy atom. The maximum absolute atomic E-state index is 5.88. The Bertz CT molecular complexity index is 834. The van der Waals surface area contributed by atoms with Gasteiger partial charge in [-0.2, -0.15) is 0 Å². The van der Waals surface area contributed by atoms with Crippen LogP contribution in [0.15, 0.2) is 42.7 Å². The summed E-state index contributed by atoms with van der Waals surface area (Å²) in [6.45, 7) is 1.09. The summed E-state index contributed by atoms with van der Waals surface area (Å²) in [5, 5.41) is 0.851. The van der Waals surface area contributed by atoms with Crippen molar-refractivity contribution < 1.29 is 14.2 Å². The summed E-state index contributed by atoms with van der Waals surface area (Å²) in [6.07, 6.45) is 3.28. The summed E-state index contributed by atoms with van der Waals surface area (Å²) in [6, 6.07) is 9.01. The third kappa shape index (κ3) is 2.24. The molecule has 3 heterocycles. The number of ether oxygens (including phenoxy) is 3. The standard InChI is InChI=1S/C16H13N3O3/c17-16-2-1-10(9-19-16)22-13-3-4-18-12-8-15-14(7-11(12)13)20-5-6-21-15/h1-4,7-9H,5-6H2,(H2,17,19). The lowest BCUT2D eigenvalue weighted by Gasteiger charge is -2.19. The molecule has 0 amide bonds. The third-order valence-corrected chi connectivity index (χ3v) is 3.35. The van der Waals surface area contributed by atoms with Crippen molar-refractivity contribution in [3.05, 3.63) is 42.7 Å². The first-order chi connectivity index (χ1) is 10.8. The summed E-state index contributed by atoms with van der Waals surface area (Å²) in [5.74, 6) is 3.14. The van der Waals surface area contributed by atoms with Crippen LogP contribution in [0.2, 0.25) is 0 Å². The molecule has 6 nitrogen and oxygen atoms in total. The van der Waals surface area contributed by atoms with Gasteiger partial charge in [0.1, 0.15) is 30.5 Å². The maximum atomic E-state index is 5.88. The Balaban J connectivity index is 1.78. The average Bonchev–Trinajstić information content (AvgIpc) is 2.55. The molecule has 0 fully saturated rings. The number of fused-ring (bicyclic) bond motifs is 2. The molecule has 2 aromatic heterocycles. The molecule has 110 valence electrons. The molecule has 2 N–H and O–H groups in total. The molecule has 1 aliphatic rings. The van der Waals surface area contributed by atoms with Crippen molar-refractivity contribution >= 4 is 16.7 Å². The Hall–Kier alpha value is -3.02. The molecule has 0 saturated carbocycles. The second kappa shape index (κ2) is 5.07. The van der Waals surface area contributed by atoms with E-state index in [-0.39, 0.29) is 0 Å². The van der Waals surface area contributed by atoms with Crippen LogP contribution in [0, 0.1) is 0 Å². The zero-order valence-corrected chi connectivity index (χ0v) is 11.7. The van der Waals surface area contributed by atoms with Gasteiger partial charge in [-0.25, -0.2) is 4.98 Å². The number of benzene rings is 1. The fourth-order valence-corrected chi connectivity index (χ4v) is 2.33. The minimum absolute atomic E-state index is 0.451. The van der Waals surface area contributed by atoms with Gasteiger partial charge in [0, 0.05) is 17.6 Å². The minimum Gasteiger partial charge on any atom is -0.486 e. The Morgan fingerprint density at radius 3 is 2.59 bits per heavy atom. The Morgan fingerprint density at radius 1 is 1.00 bits per heavy atom. The van der Waals surface area contributed by atoms with E-state index in [1.54, 1.807) is 30.6 Å². The molecule has 0 bridgehead atoms. The van der Waals surface area contributed by atoms with Crippen molar-refractivity contribution in [2.45, 2.75) is 0 Å². The van der Waals surface area contributed by atoms with Crippen LogP contribution >= 0.6 is 0 Å². The van der Waals surface area contributed by atoms with E-state index in [1.165, 1.54) is 0 Å². The number of nitrogens with two attached hydrogens (primary N) is 1. The zero-order valence-electron chi connectivity index (χ0n) is 11.7. The van der Waals surface area contributed by atoms with Crippen LogP contribution in [0.5, 0.6) is 23.0 Å². The van der Waals surface area contributed by atoms with Crippen molar-refractivity contribution in [1.29, 1.82) is 0 Å². The van der Waals surface area contributed by atoms with E-state index in [4.69, 9.17) is 19.9 Å². The predicted molar refractivity (Wildman–Crippen MR) is 81.5 cm³/mol. The highest BCUT2D eigenvalue weighted by Gasteiger charge is 2.15. The fraction of sp³-hybridized carbons (Fsp3) is 0.125. The largest absolute Gasteiger partial charge is 0.486 e. The fourth-order valence-electron chi connectivity index (χ4n) is 2.33. The number of rotatable bonds is 2. The van der Waals surface area contributed by atoms with Crippen molar-refractivity contribution in [3.8, 4) is 23.0 Å². The van der Waals surface area contributed by atoms with Crippen molar-refractivity contribution in [2.75, 3.05) is 18.9 Å². The van der Waals surface area contributed by atoms with Crippen LogP contribution < -0.4 is 19.9 Å². The molecule has 0 atom stereocenters. The van der Waals surface area contributed by atoms with Crippen molar-refractivity contribution in [2.24, 2.45) is 0 Å². The zero-order chi connectivity index (χ0) is 14.9. The van der Waals surface area contributed by atoms with E-state index in [0.29, 0.717) is 42.0 Å². The van der Waals surface area contributed by atoms with Crippen LogP contribution in [0.25, 0.3) is 10.9 Å². The van der Waals surface area contributed by atoms with Gasteiger partial charge in [0.2, 0.25) is 0 Å². The Labute approximate surface area is 126 Å². The molecule has 6 heteroatoms. The van der Waals surface area contributed by atoms with Crippen molar-refractivity contribution in [3.63, 3.8) is 0 Å². The van der Waals surface area contributed by atoms with Gasteiger partial charge >= 0.3 is 0 Å². The van der Waals surface area contributed by atoms with Crippen LogP contribution in [0.4, 0.5) is 5.82 Å². The molecule has 0 saturated heterocycles. The van der Waals surface area contributed by atoms with E-state index in [1.807, 2.05) is 12.1 Å². The second-order valence-corrected chi connectivity index (χ2v) is 4.84. The smallest absolute Gasteiger partial charge is 0.163 e. The molecule has 0 spiro atoms. The number of aromatic nitrogens is 2. The van der Waals surface area contributed by atoms with Gasteiger partial charge in [0.25, 0.3) is 0 Å². The number of hydrogen-bond acceptors (Lipinski definition) is 6. The number of nitrogens with zero attached hydrogens (tertiary/aromatic N) is 2. The monoisotopic (exact) mass is 295 g/mol. The van der Waals surface area contributed by atoms with E-state index < -0.39 is 0 Å². The summed E-state index contributed by atoms with van der Waals surface area (Å²) in [5.41, 5.74) is 6.36. The quantitative estimate of drug-likeness (QED) is 0.783. The van der Waals surface area contributed by atoms with Crippen LogP contribution in [-0.2, 0) is 0 Å². The average molecular weight is 295 g/mol. The lowest BCUT2D eigenvalue weighted by molar-refractivity contribution is 0.172. The Kier molecular flexibility index (Phi) is 2.93. The van der Waals surface area contributed by atoms with Gasteiger partial charge in [-0.15, -0.1) is 0 Å². The first-order valence-electron chi connectivity index (χ1n) is 6.87. The molecule has 0 radical (unpaired) electrons. The minimum atomic E-state index is 0.451. The van der Waals surface area contributed by atoms with E-state index >= 15 is 0 Å².